The lowest BCUT2D eigenvalue weighted by Gasteiger charge is -2.52. The van der Waals surface area contributed by atoms with E-state index in [0.29, 0.717) is 12.1 Å². The average Bonchev–Trinajstić information content (AvgIpc) is 2.34. The van der Waals surface area contributed by atoms with Gasteiger partial charge in [-0.1, -0.05) is 13.8 Å². The van der Waals surface area contributed by atoms with Crippen LogP contribution in [0.5, 0.6) is 0 Å². The second-order valence-electron chi connectivity index (χ2n) is 5.75. The Bertz CT molecular complexity index is 419. The van der Waals surface area contributed by atoms with Gasteiger partial charge < -0.3 is 10.1 Å². The first-order valence-electron chi connectivity index (χ1n) is 6.53. The molecule has 3 atom stereocenters. The number of rotatable bonds is 4. The highest BCUT2D eigenvalue weighted by Gasteiger charge is 2.48. The Hall–Kier alpha value is -1.00. The van der Waals surface area contributed by atoms with Crippen LogP contribution < -0.4 is 5.32 Å². The number of hydrogen-bond acceptors (Lipinski definition) is 4. The van der Waals surface area contributed by atoms with Gasteiger partial charge in [0.05, 0.1) is 17.5 Å². The summed E-state index contributed by atoms with van der Waals surface area (Å²) in [4.78, 5) is 8.71. The zero-order valence-electron chi connectivity index (χ0n) is 11.9. The molecule has 1 fully saturated rings. The van der Waals surface area contributed by atoms with Gasteiger partial charge in [0.2, 0.25) is 0 Å². The SMILES string of the molecule is COC1CC(NC(C)c2nccnc2C)C1(C)C. The van der Waals surface area contributed by atoms with Crippen molar-refractivity contribution in [3.05, 3.63) is 23.8 Å². The lowest BCUT2D eigenvalue weighted by atomic mass is 9.64. The van der Waals surface area contributed by atoms with Crippen LogP contribution in [0.25, 0.3) is 0 Å². The van der Waals surface area contributed by atoms with Gasteiger partial charge in [0.15, 0.2) is 0 Å². The molecule has 0 aliphatic heterocycles. The molecule has 1 saturated carbocycles. The molecule has 3 unspecified atom stereocenters. The number of aryl methyl sites for hydroxylation is 1. The van der Waals surface area contributed by atoms with Crippen LogP contribution in [0.4, 0.5) is 0 Å². The molecule has 4 heteroatoms. The standard InChI is InChI=1S/C14H23N3O/c1-9-13(16-7-6-15-9)10(2)17-11-8-12(18-5)14(11,3)4/h6-7,10-12,17H,8H2,1-5H3. The molecule has 0 bridgehead atoms. The predicted molar refractivity (Wildman–Crippen MR) is 71.3 cm³/mol. The number of methoxy groups -OCH3 is 1. The van der Waals surface area contributed by atoms with Gasteiger partial charge in [-0.2, -0.15) is 0 Å². The molecule has 1 N–H and O–H groups in total. The normalized spacial score (nSPS) is 27.6. The van der Waals surface area contributed by atoms with Gasteiger partial charge in [-0.15, -0.1) is 0 Å². The smallest absolute Gasteiger partial charge is 0.0782 e. The van der Waals surface area contributed by atoms with Crippen molar-refractivity contribution in [2.75, 3.05) is 7.11 Å². The Kier molecular flexibility index (Phi) is 3.69. The van der Waals surface area contributed by atoms with Crippen LogP contribution in [0.3, 0.4) is 0 Å². The van der Waals surface area contributed by atoms with Crippen molar-refractivity contribution in [2.24, 2.45) is 5.41 Å². The lowest BCUT2D eigenvalue weighted by molar-refractivity contribution is -0.100. The third kappa shape index (κ3) is 2.27. The molecular formula is C14H23N3O. The van der Waals surface area contributed by atoms with Crippen molar-refractivity contribution in [3.63, 3.8) is 0 Å². The van der Waals surface area contributed by atoms with E-state index >= 15 is 0 Å². The Morgan fingerprint density at radius 2 is 2.06 bits per heavy atom. The molecule has 0 radical (unpaired) electrons. The molecule has 0 amide bonds. The number of nitrogens with zero attached hydrogens (tertiary/aromatic N) is 2. The fraction of sp³-hybridized carbons (Fsp3) is 0.714. The minimum absolute atomic E-state index is 0.180. The molecule has 0 spiro atoms. The molecular weight excluding hydrogens is 226 g/mol. The quantitative estimate of drug-likeness (QED) is 0.889. The van der Waals surface area contributed by atoms with E-state index < -0.39 is 0 Å². The molecule has 1 aromatic heterocycles. The van der Waals surface area contributed by atoms with Crippen molar-refractivity contribution in [1.82, 2.24) is 15.3 Å². The first-order valence-corrected chi connectivity index (χ1v) is 6.53. The van der Waals surface area contributed by atoms with E-state index in [-0.39, 0.29) is 11.5 Å². The first kappa shape index (κ1) is 13.4. The molecule has 2 rings (SSSR count). The summed E-state index contributed by atoms with van der Waals surface area (Å²) in [5.74, 6) is 0. The third-order valence-corrected chi connectivity index (χ3v) is 4.24. The second-order valence-corrected chi connectivity index (χ2v) is 5.75. The summed E-state index contributed by atoms with van der Waals surface area (Å²) < 4.78 is 5.47. The van der Waals surface area contributed by atoms with Gasteiger partial charge in [0.1, 0.15) is 0 Å². The van der Waals surface area contributed by atoms with Crippen molar-refractivity contribution in [3.8, 4) is 0 Å². The number of nitrogens with one attached hydrogen (secondary N) is 1. The molecule has 1 aliphatic carbocycles. The highest BCUT2D eigenvalue weighted by molar-refractivity contribution is 5.14. The van der Waals surface area contributed by atoms with Crippen LogP contribution in [-0.4, -0.2) is 29.2 Å². The van der Waals surface area contributed by atoms with Crippen LogP contribution in [-0.2, 0) is 4.74 Å². The maximum absolute atomic E-state index is 5.47. The van der Waals surface area contributed by atoms with E-state index in [1.165, 1.54) is 0 Å². The molecule has 4 nitrogen and oxygen atoms in total. The van der Waals surface area contributed by atoms with Gasteiger partial charge in [-0.05, 0) is 20.3 Å². The summed E-state index contributed by atoms with van der Waals surface area (Å²) in [7, 11) is 1.79. The van der Waals surface area contributed by atoms with Crippen LogP contribution in [0, 0.1) is 12.3 Å². The van der Waals surface area contributed by atoms with Crippen LogP contribution in [0.2, 0.25) is 0 Å². The van der Waals surface area contributed by atoms with E-state index in [9.17, 15) is 0 Å². The highest BCUT2D eigenvalue weighted by atomic mass is 16.5. The largest absolute Gasteiger partial charge is 0.381 e. The molecule has 0 aromatic carbocycles. The van der Waals surface area contributed by atoms with E-state index in [1.54, 1.807) is 19.5 Å². The van der Waals surface area contributed by atoms with Gasteiger partial charge in [-0.3, -0.25) is 9.97 Å². The minimum Gasteiger partial charge on any atom is -0.381 e. The van der Waals surface area contributed by atoms with Crippen molar-refractivity contribution < 1.29 is 4.74 Å². The molecule has 0 saturated heterocycles. The Morgan fingerprint density at radius 1 is 1.39 bits per heavy atom. The first-order chi connectivity index (χ1) is 8.46. The fourth-order valence-corrected chi connectivity index (χ4v) is 2.79. The summed E-state index contributed by atoms with van der Waals surface area (Å²) >= 11 is 0. The zero-order valence-corrected chi connectivity index (χ0v) is 11.9. The fourth-order valence-electron chi connectivity index (χ4n) is 2.79. The van der Waals surface area contributed by atoms with Crippen LogP contribution >= 0.6 is 0 Å². The average molecular weight is 249 g/mol. The zero-order chi connectivity index (χ0) is 13.3. The molecule has 1 heterocycles. The van der Waals surface area contributed by atoms with Crippen molar-refractivity contribution >= 4 is 0 Å². The van der Waals surface area contributed by atoms with E-state index in [1.807, 2.05) is 6.92 Å². The van der Waals surface area contributed by atoms with Gasteiger partial charge in [0, 0.05) is 37.0 Å². The number of aromatic nitrogens is 2. The highest BCUT2D eigenvalue weighted by Crippen LogP contribution is 2.43. The van der Waals surface area contributed by atoms with E-state index in [4.69, 9.17) is 4.74 Å². The third-order valence-electron chi connectivity index (χ3n) is 4.24. The summed E-state index contributed by atoms with van der Waals surface area (Å²) in [5.41, 5.74) is 2.21. The second kappa shape index (κ2) is 4.94. The maximum Gasteiger partial charge on any atom is 0.0782 e. The summed E-state index contributed by atoms with van der Waals surface area (Å²) in [6.45, 7) is 8.65. The van der Waals surface area contributed by atoms with Crippen molar-refractivity contribution in [2.45, 2.75) is 52.3 Å². The summed E-state index contributed by atoms with van der Waals surface area (Å²) in [6, 6.07) is 0.694. The molecule has 1 aliphatic rings. The molecule has 100 valence electrons. The summed E-state index contributed by atoms with van der Waals surface area (Å²) in [6.07, 6.45) is 4.90. The Balaban J connectivity index is 2.02. The molecule has 1 aromatic rings. The van der Waals surface area contributed by atoms with E-state index in [2.05, 4.69) is 36.1 Å². The lowest BCUT2D eigenvalue weighted by Crippen LogP contribution is -2.61. The molecule has 18 heavy (non-hydrogen) atoms. The van der Waals surface area contributed by atoms with Gasteiger partial charge >= 0.3 is 0 Å². The Morgan fingerprint density at radius 3 is 2.61 bits per heavy atom. The predicted octanol–water partition coefficient (Wildman–Crippen LogP) is 2.25. The summed E-state index contributed by atoms with van der Waals surface area (Å²) in [5, 5.41) is 3.65. The van der Waals surface area contributed by atoms with E-state index in [0.717, 1.165) is 17.8 Å². The van der Waals surface area contributed by atoms with Crippen LogP contribution in [0.15, 0.2) is 12.4 Å². The van der Waals surface area contributed by atoms with Crippen LogP contribution in [0.1, 0.15) is 44.6 Å². The number of ether oxygens (including phenoxy) is 1. The Labute approximate surface area is 109 Å². The minimum atomic E-state index is 0.180. The van der Waals surface area contributed by atoms with Gasteiger partial charge in [-0.25, -0.2) is 0 Å². The number of hydrogen-bond donors (Lipinski definition) is 1. The topological polar surface area (TPSA) is 47.0 Å². The monoisotopic (exact) mass is 249 g/mol. The van der Waals surface area contributed by atoms with Crippen molar-refractivity contribution in [1.29, 1.82) is 0 Å². The maximum atomic E-state index is 5.47. The van der Waals surface area contributed by atoms with Gasteiger partial charge in [0.25, 0.3) is 0 Å².